The Morgan fingerprint density at radius 1 is 1.07 bits per heavy atom. The number of hydrogen-bond donors (Lipinski definition) is 2. The first-order chi connectivity index (χ1) is 21.1. The van der Waals surface area contributed by atoms with Crippen LogP contribution in [0.2, 0.25) is 5.02 Å². The van der Waals surface area contributed by atoms with Crippen molar-refractivity contribution in [1.29, 1.82) is 0 Å². The second-order valence-electron chi connectivity index (χ2n) is 9.94. The highest BCUT2D eigenvalue weighted by Gasteiger charge is 2.57. The number of amides is 3. The monoisotopic (exact) mass is 652 g/mol. The van der Waals surface area contributed by atoms with Gasteiger partial charge in [0.05, 0.1) is 28.7 Å². The standard InChI is InChI=1S/C29H21ClN4O8S2/c1-42-20-12-14(2-11-19(20)35)22-23-24(27(38)33(26(23)37)17-7-9-18(10-8-17)34(40)41)43-28-25(22)44-29(39)32(28)13-21(36)31-16-5-3-15(30)4-6-16/h2-12,22-24,35H,13H2,1H3,(H,31,36)/t22-,23+,24-/m0/s1. The summed E-state index contributed by atoms with van der Waals surface area (Å²) in [5, 5.41) is 24.0. The van der Waals surface area contributed by atoms with E-state index in [2.05, 4.69) is 5.32 Å². The van der Waals surface area contributed by atoms with Gasteiger partial charge in [0.2, 0.25) is 17.7 Å². The summed E-state index contributed by atoms with van der Waals surface area (Å²) in [5.41, 5.74) is 0.970. The Labute approximate surface area is 262 Å². The molecule has 2 aliphatic heterocycles. The van der Waals surface area contributed by atoms with E-state index in [0.717, 1.165) is 28.0 Å². The van der Waals surface area contributed by atoms with E-state index in [0.29, 0.717) is 26.2 Å². The van der Waals surface area contributed by atoms with Crippen LogP contribution in [0.5, 0.6) is 11.5 Å². The number of rotatable bonds is 7. The lowest BCUT2D eigenvalue weighted by Crippen LogP contribution is -2.33. The lowest BCUT2D eigenvalue weighted by atomic mass is 9.83. The minimum Gasteiger partial charge on any atom is -0.504 e. The van der Waals surface area contributed by atoms with Crippen molar-refractivity contribution in [2.75, 3.05) is 17.3 Å². The number of nitrogens with one attached hydrogen (secondary N) is 1. The minimum atomic E-state index is -0.977. The number of aromatic hydroxyl groups is 1. The van der Waals surface area contributed by atoms with Crippen molar-refractivity contribution < 1.29 is 29.2 Å². The molecule has 0 radical (unpaired) electrons. The van der Waals surface area contributed by atoms with E-state index < -0.39 is 44.6 Å². The molecule has 0 saturated carbocycles. The predicted octanol–water partition coefficient (Wildman–Crippen LogP) is 4.62. The second kappa shape index (κ2) is 11.4. The number of hydrogen-bond acceptors (Lipinski definition) is 10. The number of phenolic OH excluding ortho intramolecular Hbond substituents is 1. The number of thioether (sulfide) groups is 1. The number of nitrogens with zero attached hydrogens (tertiary/aromatic N) is 3. The number of phenols is 1. The molecule has 3 heterocycles. The molecule has 1 saturated heterocycles. The van der Waals surface area contributed by atoms with Gasteiger partial charge in [0, 0.05) is 33.6 Å². The maximum Gasteiger partial charge on any atom is 0.308 e. The zero-order valence-electron chi connectivity index (χ0n) is 22.6. The number of nitro benzene ring substituents is 1. The molecule has 4 aromatic rings. The molecule has 0 unspecified atom stereocenters. The largest absolute Gasteiger partial charge is 0.504 e. The molecule has 44 heavy (non-hydrogen) atoms. The van der Waals surface area contributed by atoms with Crippen molar-refractivity contribution >= 4 is 69.5 Å². The van der Waals surface area contributed by atoms with E-state index in [1.54, 1.807) is 36.4 Å². The van der Waals surface area contributed by atoms with Crippen molar-refractivity contribution in [2.45, 2.75) is 22.7 Å². The minimum absolute atomic E-state index is 0.135. The molecule has 2 N–H and O–H groups in total. The number of anilines is 2. The van der Waals surface area contributed by atoms with Gasteiger partial charge >= 0.3 is 4.87 Å². The van der Waals surface area contributed by atoms with Crippen molar-refractivity contribution in [3.05, 3.63) is 102 Å². The summed E-state index contributed by atoms with van der Waals surface area (Å²) in [4.78, 5) is 65.8. The highest BCUT2D eigenvalue weighted by Crippen LogP contribution is 2.54. The maximum absolute atomic E-state index is 14.0. The van der Waals surface area contributed by atoms with Crippen LogP contribution < -0.4 is 19.8 Å². The van der Waals surface area contributed by atoms with Crippen LogP contribution in [0.15, 0.2) is 76.6 Å². The number of methoxy groups -OCH3 is 1. The van der Waals surface area contributed by atoms with Gasteiger partial charge in [-0.05, 0) is 54.1 Å². The van der Waals surface area contributed by atoms with Crippen molar-refractivity contribution in [2.24, 2.45) is 5.92 Å². The molecule has 3 aromatic carbocycles. The van der Waals surface area contributed by atoms with Crippen LogP contribution in [0.3, 0.4) is 0 Å². The van der Waals surface area contributed by atoms with E-state index in [1.165, 1.54) is 42.0 Å². The van der Waals surface area contributed by atoms with Crippen LogP contribution >= 0.6 is 34.7 Å². The molecule has 0 spiro atoms. The number of halogens is 1. The van der Waals surface area contributed by atoms with E-state index in [1.807, 2.05) is 0 Å². The second-order valence-corrected chi connectivity index (χ2v) is 12.5. The van der Waals surface area contributed by atoms with Gasteiger partial charge in [-0.25, -0.2) is 4.90 Å². The number of nitro groups is 1. The fraction of sp³-hybridized carbons (Fsp3) is 0.172. The average Bonchev–Trinajstić information content (AvgIpc) is 3.44. The van der Waals surface area contributed by atoms with Gasteiger partial charge in [0.25, 0.3) is 5.69 Å². The molecular formula is C29H21ClN4O8S2. The molecule has 2 aliphatic rings. The fourth-order valence-electron chi connectivity index (χ4n) is 5.36. The number of carbonyl (C=O) groups excluding carboxylic acids is 3. The quantitative estimate of drug-likeness (QED) is 0.165. The van der Waals surface area contributed by atoms with E-state index in [4.69, 9.17) is 16.3 Å². The molecule has 1 aromatic heterocycles. The molecule has 3 amide bonds. The Bertz CT molecular complexity index is 1890. The third kappa shape index (κ3) is 5.10. The smallest absolute Gasteiger partial charge is 0.308 e. The SMILES string of the molecule is COc1cc([C@@H]2c3sc(=O)n(CC(=O)Nc4ccc(Cl)cc4)c3S[C@@H]3C(=O)N(c4ccc([N+](=O)[O-])cc4)C(=O)[C@H]23)ccc1O. The Balaban J connectivity index is 1.42. The fourth-order valence-corrected chi connectivity index (χ4v) is 8.26. The summed E-state index contributed by atoms with van der Waals surface area (Å²) >= 11 is 7.83. The van der Waals surface area contributed by atoms with Crippen molar-refractivity contribution in [3.8, 4) is 11.5 Å². The van der Waals surface area contributed by atoms with Gasteiger partial charge in [-0.15, -0.1) is 0 Å². The van der Waals surface area contributed by atoms with Crippen LogP contribution in [0.1, 0.15) is 16.4 Å². The first kappa shape index (κ1) is 29.4. The number of imide groups is 1. The molecule has 15 heteroatoms. The predicted molar refractivity (Wildman–Crippen MR) is 164 cm³/mol. The maximum atomic E-state index is 14.0. The number of carbonyl (C=O) groups is 3. The Hall–Kier alpha value is -4.66. The highest BCUT2D eigenvalue weighted by molar-refractivity contribution is 8.00. The van der Waals surface area contributed by atoms with Gasteiger partial charge in [-0.3, -0.25) is 33.9 Å². The van der Waals surface area contributed by atoms with Crippen LogP contribution in [0.25, 0.3) is 0 Å². The first-order valence-electron chi connectivity index (χ1n) is 13.0. The summed E-state index contributed by atoms with van der Waals surface area (Å²) in [6.45, 7) is -0.350. The van der Waals surface area contributed by atoms with Crippen molar-refractivity contribution in [3.63, 3.8) is 0 Å². The highest BCUT2D eigenvalue weighted by atomic mass is 35.5. The summed E-state index contributed by atoms with van der Waals surface area (Å²) in [6, 6.07) is 16.1. The lowest BCUT2D eigenvalue weighted by Gasteiger charge is -2.31. The molecule has 0 aliphatic carbocycles. The van der Waals surface area contributed by atoms with Gasteiger partial charge in [-0.1, -0.05) is 40.8 Å². The number of ether oxygens (including phenoxy) is 1. The average molecular weight is 653 g/mol. The van der Waals surface area contributed by atoms with Crippen LogP contribution in [-0.2, 0) is 20.9 Å². The summed E-state index contributed by atoms with van der Waals surface area (Å²) < 4.78 is 6.57. The first-order valence-corrected chi connectivity index (χ1v) is 15.1. The molecule has 0 bridgehead atoms. The zero-order valence-corrected chi connectivity index (χ0v) is 25.0. The Kier molecular flexibility index (Phi) is 7.65. The molecule has 224 valence electrons. The Morgan fingerprint density at radius 2 is 1.77 bits per heavy atom. The van der Waals surface area contributed by atoms with Crippen LogP contribution in [0, 0.1) is 16.0 Å². The van der Waals surface area contributed by atoms with Gasteiger partial charge in [0.1, 0.15) is 11.8 Å². The molecule has 6 rings (SSSR count). The summed E-state index contributed by atoms with van der Waals surface area (Å²) in [6.07, 6.45) is 0. The Morgan fingerprint density at radius 3 is 2.43 bits per heavy atom. The van der Waals surface area contributed by atoms with Gasteiger partial charge in [-0.2, -0.15) is 0 Å². The number of fused-ring (bicyclic) bond motifs is 2. The number of non-ortho nitro benzene ring substituents is 1. The topological polar surface area (TPSA) is 161 Å². The third-order valence-corrected chi connectivity index (χ3v) is 10.2. The zero-order chi connectivity index (χ0) is 31.3. The van der Waals surface area contributed by atoms with E-state index >= 15 is 0 Å². The van der Waals surface area contributed by atoms with E-state index in [9.17, 15) is 34.4 Å². The summed E-state index contributed by atoms with van der Waals surface area (Å²) in [5.74, 6) is -3.35. The lowest BCUT2D eigenvalue weighted by molar-refractivity contribution is -0.384. The number of aromatic nitrogens is 1. The van der Waals surface area contributed by atoms with Crippen LogP contribution in [0.4, 0.5) is 17.1 Å². The normalized spacial score (nSPS) is 19.0. The molecule has 12 nitrogen and oxygen atoms in total. The third-order valence-electron chi connectivity index (χ3n) is 7.36. The van der Waals surface area contributed by atoms with Gasteiger partial charge < -0.3 is 15.2 Å². The van der Waals surface area contributed by atoms with E-state index in [-0.39, 0.29) is 29.4 Å². The molecule has 1 fully saturated rings. The number of benzene rings is 3. The summed E-state index contributed by atoms with van der Waals surface area (Å²) in [7, 11) is 1.37. The van der Waals surface area contributed by atoms with Gasteiger partial charge in [0.15, 0.2) is 11.5 Å². The van der Waals surface area contributed by atoms with Crippen molar-refractivity contribution in [1.82, 2.24) is 4.57 Å². The molecular weight excluding hydrogens is 632 g/mol. The number of thiazole rings is 1. The molecule has 3 atom stereocenters. The van der Waals surface area contributed by atoms with Crippen LogP contribution in [-0.4, -0.2) is 44.7 Å².